The van der Waals surface area contributed by atoms with Crippen molar-refractivity contribution >= 4 is 15.2 Å². The lowest BCUT2D eigenvalue weighted by molar-refractivity contribution is -0.139. The third kappa shape index (κ3) is 6.05. The molecule has 0 heterocycles. The summed E-state index contributed by atoms with van der Waals surface area (Å²) in [6.45, 7) is 5.64. The molecule has 0 bridgehead atoms. The van der Waals surface area contributed by atoms with Crippen molar-refractivity contribution in [2.75, 3.05) is 12.8 Å². The molecule has 0 aromatic rings. The summed E-state index contributed by atoms with van der Waals surface area (Å²) in [5, 5.41) is 0. The van der Waals surface area contributed by atoms with Crippen molar-refractivity contribution in [3.63, 3.8) is 0 Å². The first-order chi connectivity index (χ1) is 5.18. The highest BCUT2D eigenvalue weighted by atomic mass is 31.0. The maximum Gasteiger partial charge on any atom is 0.333 e. The van der Waals surface area contributed by atoms with Gasteiger partial charge in [0, 0.05) is 5.57 Å². The monoisotopic (exact) mass is 174 g/mol. The van der Waals surface area contributed by atoms with E-state index >= 15 is 0 Å². The molecule has 0 fully saturated rings. The molecule has 2 nitrogen and oxygen atoms in total. The highest BCUT2D eigenvalue weighted by Gasteiger charge is 2.00. The fraction of sp³-hybridized carbons (Fsp3) is 0.625. The number of esters is 1. The second-order valence-electron chi connectivity index (χ2n) is 2.41. The van der Waals surface area contributed by atoms with Crippen LogP contribution in [0.3, 0.4) is 0 Å². The molecule has 64 valence electrons. The van der Waals surface area contributed by atoms with E-state index in [1.54, 1.807) is 6.92 Å². The van der Waals surface area contributed by atoms with E-state index in [9.17, 15) is 4.79 Å². The summed E-state index contributed by atoms with van der Waals surface area (Å²) in [4.78, 5) is 10.8. The Balaban J connectivity index is 3.25. The predicted octanol–water partition coefficient (Wildman–Crippen LogP) is 1.76. The minimum absolute atomic E-state index is 0.284. The lowest BCUT2D eigenvalue weighted by Gasteiger charge is -2.02. The van der Waals surface area contributed by atoms with Gasteiger partial charge in [-0.1, -0.05) is 6.58 Å². The molecule has 0 radical (unpaired) electrons. The smallest absolute Gasteiger partial charge is 0.333 e. The Morgan fingerprint density at radius 3 is 2.64 bits per heavy atom. The summed E-state index contributed by atoms with van der Waals surface area (Å²) >= 11 is 0. The maximum absolute atomic E-state index is 10.8. The fourth-order valence-corrected chi connectivity index (χ4v) is 0.823. The van der Waals surface area contributed by atoms with Gasteiger partial charge in [-0.2, -0.15) is 0 Å². The van der Waals surface area contributed by atoms with Gasteiger partial charge in [-0.05, 0) is 25.9 Å². The molecule has 0 N–H and O–H groups in total. The summed E-state index contributed by atoms with van der Waals surface area (Å²) in [6.07, 6.45) is 3.07. The van der Waals surface area contributed by atoms with Crippen LogP contribution < -0.4 is 0 Å². The van der Waals surface area contributed by atoms with Gasteiger partial charge in [-0.25, -0.2) is 4.79 Å². The van der Waals surface area contributed by atoms with E-state index in [-0.39, 0.29) is 5.97 Å². The van der Waals surface area contributed by atoms with Crippen LogP contribution in [0.4, 0.5) is 0 Å². The number of unbranched alkanes of at least 4 members (excludes halogenated alkanes) is 1. The largest absolute Gasteiger partial charge is 0.462 e. The molecule has 11 heavy (non-hydrogen) atoms. The van der Waals surface area contributed by atoms with Crippen LogP contribution >= 0.6 is 9.24 Å². The minimum atomic E-state index is -0.284. The fourth-order valence-electron chi connectivity index (χ4n) is 0.534. The van der Waals surface area contributed by atoms with E-state index in [0.717, 1.165) is 19.0 Å². The highest BCUT2D eigenvalue weighted by molar-refractivity contribution is 7.16. The normalized spacial score (nSPS) is 9.27. The van der Waals surface area contributed by atoms with Crippen molar-refractivity contribution in [2.45, 2.75) is 19.8 Å². The SMILES string of the molecule is C=C(C)C(=O)OCCCCP. The summed E-state index contributed by atoms with van der Waals surface area (Å²) in [5.41, 5.74) is 0.468. The third-order valence-corrected chi connectivity index (χ3v) is 1.59. The molecule has 0 aliphatic rings. The number of hydrogen-bond acceptors (Lipinski definition) is 2. The second-order valence-corrected chi connectivity index (χ2v) is 2.99. The number of ether oxygens (including phenoxy) is 1. The van der Waals surface area contributed by atoms with Crippen LogP contribution in [0.2, 0.25) is 0 Å². The van der Waals surface area contributed by atoms with Crippen LogP contribution in [-0.4, -0.2) is 18.7 Å². The summed E-state index contributed by atoms with van der Waals surface area (Å²) in [7, 11) is 2.63. The first kappa shape index (κ1) is 10.6. The Labute approximate surface area is 70.2 Å². The summed E-state index contributed by atoms with van der Waals surface area (Å²) in [5.74, 6) is -0.284. The molecule has 3 heteroatoms. The molecule has 0 aliphatic heterocycles. The van der Waals surface area contributed by atoms with Crippen LogP contribution in [0.15, 0.2) is 12.2 Å². The number of carbonyl (C=O) groups is 1. The zero-order chi connectivity index (χ0) is 8.69. The lowest BCUT2D eigenvalue weighted by Crippen LogP contribution is -2.06. The summed E-state index contributed by atoms with van der Waals surface area (Å²) < 4.78 is 4.86. The van der Waals surface area contributed by atoms with Crippen molar-refractivity contribution in [2.24, 2.45) is 0 Å². The number of carbonyl (C=O) groups excluding carboxylic acids is 1. The third-order valence-electron chi connectivity index (χ3n) is 1.18. The van der Waals surface area contributed by atoms with E-state index in [1.807, 2.05) is 0 Å². The Bertz CT molecular complexity index is 143. The van der Waals surface area contributed by atoms with Crippen LogP contribution in [0.5, 0.6) is 0 Å². The van der Waals surface area contributed by atoms with Crippen molar-refractivity contribution in [3.8, 4) is 0 Å². The first-order valence-electron chi connectivity index (χ1n) is 3.71. The van der Waals surface area contributed by atoms with Crippen molar-refractivity contribution < 1.29 is 9.53 Å². The Morgan fingerprint density at radius 1 is 1.55 bits per heavy atom. The van der Waals surface area contributed by atoms with Gasteiger partial charge in [0.05, 0.1) is 6.61 Å². The Hall–Kier alpha value is -0.360. The molecule has 1 atom stereocenters. The van der Waals surface area contributed by atoms with Crippen LogP contribution in [-0.2, 0) is 9.53 Å². The predicted molar refractivity (Wildman–Crippen MR) is 49.6 cm³/mol. The number of hydrogen-bond donors (Lipinski definition) is 0. The zero-order valence-electron chi connectivity index (χ0n) is 6.93. The molecule has 1 unspecified atom stereocenters. The van der Waals surface area contributed by atoms with E-state index in [4.69, 9.17) is 4.74 Å². The van der Waals surface area contributed by atoms with Gasteiger partial charge in [0.25, 0.3) is 0 Å². The van der Waals surface area contributed by atoms with Crippen LogP contribution in [0.25, 0.3) is 0 Å². The lowest BCUT2D eigenvalue weighted by atomic mass is 10.3. The quantitative estimate of drug-likeness (QED) is 0.275. The van der Waals surface area contributed by atoms with Crippen molar-refractivity contribution in [3.05, 3.63) is 12.2 Å². The molecule has 0 saturated heterocycles. The molecule has 0 aromatic carbocycles. The van der Waals surface area contributed by atoms with E-state index in [0.29, 0.717) is 12.2 Å². The highest BCUT2D eigenvalue weighted by Crippen LogP contribution is 1.97. The molecular weight excluding hydrogens is 159 g/mol. The van der Waals surface area contributed by atoms with E-state index < -0.39 is 0 Å². The molecule has 0 saturated carbocycles. The van der Waals surface area contributed by atoms with Gasteiger partial charge in [0.1, 0.15) is 0 Å². The van der Waals surface area contributed by atoms with Gasteiger partial charge < -0.3 is 4.74 Å². The van der Waals surface area contributed by atoms with E-state index in [1.165, 1.54) is 0 Å². The van der Waals surface area contributed by atoms with Crippen LogP contribution in [0, 0.1) is 0 Å². The van der Waals surface area contributed by atoms with Crippen LogP contribution in [0.1, 0.15) is 19.8 Å². The maximum atomic E-state index is 10.8. The standard InChI is InChI=1S/C8H15O2P/c1-7(2)8(9)10-5-3-4-6-11/h1,3-6,11H2,2H3. The average Bonchev–Trinajstić information content (AvgIpc) is 1.97. The molecule has 0 aliphatic carbocycles. The second kappa shape index (κ2) is 6.36. The van der Waals surface area contributed by atoms with Gasteiger partial charge in [0.2, 0.25) is 0 Å². The minimum Gasteiger partial charge on any atom is -0.462 e. The van der Waals surface area contributed by atoms with E-state index in [2.05, 4.69) is 15.8 Å². The van der Waals surface area contributed by atoms with Gasteiger partial charge in [-0.15, -0.1) is 9.24 Å². The Kier molecular flexibility index (Phi) is 6.15. The number of rotatable bonds is 5. The van der Waals surface area contributed by atoms with Crippen molar-refractivity contribution in [1.29, 1.82) is 0 Å². The van der Waals surface area contributed by atoms with Gasteiger partial charge in [0.15, 0.2) is 0 Å². The summed E-state index contributed by atoms with van der Waals surface area (Å²) in [6, 6.07) is 0. The first-order valence-corrected chi connectivity index (χ1v) is 4.53. The van der Waals surface area contributed by atoms with Gasteiger partial charge in [-0.3, -0.25) is 0 Å². The molecule has 0 spiro atoms. The molecular formula is C8H15O2P. The van der Waals surface area contributed by atoms with Gasteiger partial charge >= 0.3 is 5.97 Å². The van der Waals surface area contributed by atoms with Crippen molar-refractivity contribution in [1.82, 2.24) is 0 Å². The molecule has 0 rings (SSSR count). The topological polar surface area (TPSA) is 26.3 Å². The Morgan fingerprint density at radius 2 is 2.18 bits per heavy atom. The zero-order valence-corrected chi connectivity index (χ0v) is 8.08. The molecule has 0 amide bonds. The molecule has 0 aromatic heterocycles. The average molecular weight is 174 g/mol.